The van der Waals surface area contributed by atoms with Gasteiger partial charge in [0, 0.05) is 32.7 Å². The summed E-state index contributed by atoms with van der Waals surface area (Å²) in [6.07, 6.45) is 6.60. The lowest BCUT2D eigenvalue weighted by Crippen LogP contribution is -2.50. The molecule has 0 atom stereocenters. The number of allylic oxidation sites excluding steroid dienone is 1. The summed E-state index contributed by atoms with van der Waals surface area (Å²) in [5, 5.41) is 3.14. The molecule has 0 unspecified atom stereocenters. The molecule has 0 bridgehead atoms. The van der Waals surface area contributed by atoms with E-state index >= 15 is 0 Å². The van der Waals surface area contributed by atoms with Crippen molar-refractivity contribution in [3.63, 3.8) is 0 Å². The molecule has 0 aromatic carbocycles. The standard InChI is InChI=1S/C11H21N3O2S/c15-17(16,14-9-7-12-8-10-14)13-6-5-11-3-1-2-4-11/h3,12-13H,1-2,4-10H2. The van der Waals surface area contributed by atoms with Crippen molar-refractivity contribution in [2.24, 2.45) is 0 Å². The lowest BCUT2D eigenvalue weighted by atomic mass is 10.2. The molecule has 0 amide bonds. The lowest BCUT2D eigenvalue weighted by molar-refractivity contribution is 0.355. The maximum Gasteiger partial charge on any atom is 0.279 e. The van der Waals surface area contributed by atoms with Crippen LogP contribution in [0.1, 0.15) is 25.7 Å². The third-order valence-corrected chi connectivity index (χ3v) is 4.90. The van der Waals surface area contributed by atoms with Gasteiger partial charge in [-0.1, -0.05) is 11.6 Å². The normalized spacial score (nSPS) is 22.7. The summed E-state index contributed by atoms with van der Waals surface area (Å²) in [5.41, 5.74) is 1.40. The van der Waals surface area contributed by atoms with Crippen LogP contribution in [-0.2, 0) is 10.2 Å². The van der Waals surface area contributed by atoms with Gasteiger partial charge in [-0.3, -0.25) is 0 Å². The summed E-state index contributed by atoms with van der Waals surface area (Å²) in [6.45, 7) is 3.15. The fourth-order valence-corrected chi connectivity index (χ4v) is 3.49. The number of piperazine rings is 1. The fourth-order valence-electron chi connectivity index (χ4n) is 2.28. The Bertz CT molecular complexity index is 372. The van der Waals surface area contributed by atoms with Crippen molar-refractivity contribution in [1.29, 1.82) is 0 Å². The highest BCUT2D eigenvalue weighted by Crippen LogP contribution is 2.19. The Kier molecular flexibility index (Phi) is 4.55. The van der Waals surface area contributed by atoms with Crippen LogP contribution in [0.4, 0.5) is 0 Å². The molecule has 0 aromatic rings. The van der Waals surface area contributed by atoms with E-state index in [2.05, 4.69) is 16.1 Å². The molecule has 2 rings (SSSR count). The van der Waals surface area contributed by atoms with Crippen LogP contribution in [0, 0.1) is 0 Å². The van der Waals surface area contributed by atoms with Gasteiger partial charge in [0.15, 0.2) is 0 Å². The van der Waals surface area contributed by atoms with E-state index < -0.39 is 10.2 Å². The van der Waals surface area contributed by atoms with E-state index in [-0.39, 0.29) is 0 Å². The number of nitrogens with one attached hydrogen (secondary N) is 2. The molecule has 5 nitrogen and oxygen atoms in total. The van der Waals surface area contributed by atoms with Gasteiger partial charge in [-0.15, -0.1) is 0 Å². The summed E-state index contributed by atoms with van der Waals surface area (Å²) < 4.78 is 28.1. The molecule has 98 valence electrons. The molecular weight excluding hydrogens is 238 g/mol. The molecule has 0 radical (unpaired) electrons. The van der Waals surface area contributed by atoms with E-state index in [1.807, 2.05) is 0 Å². The van der Waals surface area contributed by atoms with Gasteiger partial charge in [0.2, 0.25) is 0 Å². The van der Waals surface area contributed by atoms with Gasteiger partial charge in [-0.05, 0) is 25.7 Å². The minimum Gasteiger partial charge on any atom is -0.314 e. The maximum absolute atomic E-state index is 11.9. The topological polar surface area (TPSA) is 61.4 Å². The van der Waals surface area contributed by atoms with Gasteiger partial charge in [-0.2, -0.15) is 12.7 Å². The molecule has 1 aliphatic heterocycles. The molecule has 2 N–H and O–H groups in total. The van der Waals surface area contributed by atoms with Crippen molar-refractivity contribution in [3.05, 3.63) is 11.6 Å². The summed E-state index contributed by atoms with van der Waals surface area (Å²) in [5.74, 6) is 0. The van der Waals surface area contributed by atoms with E-state index in [0.717, 1.165) is 32.4 Å². The second-order valence-corrected chi connectivity index (χ2v) is 6.31. The number of nitrogens with zero attached hydrogens (tertiary/aromatic N) is 1. The maximum atomic E-state index is 11.9. The lowest BCUT2D eigenvalue weighted by Gasteiger charge is -2.26. The number of hydrogen-bond acceptors (Lipinski definition) is 3. The van der Waals surface area contributed by atoms with Crippen LogP contribution >= 0.6 is 0 Å². The zero-order valence-electron chi connectivity index (χ0n) is 10.1. The zero-order chi connectivity index (χ0) is 12.1. The van der Waals surface area contributed by atoms with Gasteiger partial charge >= 0.3 is 0 Å². The highest BCUT2D eigenvalue weighted by Gasteiger charge is 2.22. The Hall–Kier alpha value is -0.430. The Morgan fingerprint density at radius 1 is 1.35 bits per heavy atom. The third kappa shape index (κ3) is 3.77. The van der Waals surface area contributed by atoms with Gasteiger partial charge in [0.05, 0.1) is 0 Å². The van der Waals surface area contributed by atoms with Crippen LogP contribution in [-0.4, -0.2) is 45.4 Å². The Morgan fingerprint density at radius 3 is 2.76 bits per heavy atom. The predicted molar refractivity (Wildman–Crippen MR) is 67.9 cm³/mol. The van der Waals surface area contributed by atoms with Crippen molar-refractivity contribution >= 4 is 10.2 Å². The Balaban J connectivity index is 1.76. The molecule has 1 heterocycles. The van der Waals surface area contributed by atoms with Gasteiger partial charge in [0.25, 0.3) is 10.2 Å². The van der Waals surface area contributed by atoms with Crippen molar-refractivity contribution in [1.82, 2.24) is 14.3 Å². The summed E-state index contributed by atoms with van der Waals surface area (Å²) >= 11 is 0. The molecule has 6 heteroatoms. The molecule has 1 saturated heterocycles. The van der Waals surface area contributed by atoms with Crippen molar-refractivity contribution in [2.75, 3.05) is 32.7 Å². The molecule has 0 spiro atoms. The van der Waals surface area contributed by atoms with Crippen LogP contribution in [0.15, 0.2) is 11.6 Å². The second kappa shape index (κ2) is 5.95. The quantitative estimate of drug-likeness (QED) is 0.695. The van der Waals surface area contributed by atoms with Crippen molar-refractivity contribution in [3.8, 4) is 0 Å². The van der Waals surface area contributed by atoms with E-state index in [0.29, 0.717) is 19.6 Å². The molecule has 1 aliphatic carbocycles. The van der Waals surface area contributed by atoms with Crippen molar-refractivity contribution < 1.29 is 8.42 Å². The largest absolute Gasteiger partial charge is 0.314 e. The summed E-state index contributed by atoms with van der Waals surface area (Å²) in [7, 11) is -3.26. The van der Waals surface area contributed by atoms with Crippen LogP contribution in [0.3, 0.4) is 0 Å². The first-order valence-electron chi connectivity index (χ1n) is 6.32. The van der Waals surface area contributed by atoms with Crippen LogP contribution in [0.5, 0.6) is 0 Å². The zero-order valence-corrected chi connectivity index (χ0v) is 10.9. The molecule has 2 aliphatic rings. The molecule has 1 fully saturated rings. The first kappa shape index (κ1) is 13.0. The van der Waals surface area contributed by atoms with E-state index in [9.17, 15) is 8.42 Å². The van der Waals surface area contributed by atoms with E-state index in [1.165, 1.54) is 16.3 Å². The second-order valence-electron chi connectivity index (χ2n) is 4.55. The highest BCUT2D eigenvalue weighted by molar-refractivity contribution is 7.87. The fraction of sp³-hybridized carbons (Fsp3) is 0.818. The molecule has 0 saturated carbocycles. The van der Waals surface area contributed by atoms with E-state index in [1.54, 1.807) is 0 Å². The summed E-state index contributed by atoms with van der Waals surface area (Å²) in [6, 6.07) is 0. The van der Waals surface area contributed by atoms with Crippen LogP contribution in [0.2, 0.25) is 0 Å². The number of rotatable bonds is 5. The SMILES string of the molecule is O=S(=O)(NCCC1=CCCC1)N1CCNCC1. The van der Waals surface area contributed by atoms with E-state index in [4.69, 9.17) is 0 Å². The van der Waals surface area contributed by atoms with Gasteiger partial charge < -0.3 is 5.32 Å². The third-order valence-electron chi connectivity index (χ3n) is 3.28. The molecular formula is C11H21N3O2S. The van der Waals surface area contributed by atoms with Crippen LogP contribution < -0.4 is 10.0 Å². The van der Waals surface area contributed by atoms with Gasteiger partial charge in [0.1, 0.15) is 0 Å². The Morgan fingerprint density at radius 2 is 2.12 bits per heavy atom. The Labute approximate surface area is 103 Å². The minimum absolute atomic E-state index is 0.526. The molecule has 0 aromatic heterocycles. The highest BCUT2D eigenvalue weighted by atomic mass is 32.2. The monoisotopic (exact) mass is 259 g/mol. The van der Waals surface area contributed by atoms with Crippen LogP contribution in [0.25, 0.3) is 0 Å². The summed E-state index contributed by atoms with van der Waals surface area (Å²) in [4.78, 5) is 0. The number of hydrogen-bond donors (Lipinski definition) is 2. The molecule has 17 heavy (non-hydrogen) atoms. The predicted octanol–water partition coefficient (Wildman–Crippen LogP) is 0.226. The first-order chi connectivity index (χ1) is 8.18. The minimum atomic E-state index is -3.26. The average molecular weight is 259 g/mol. The first-order valence-corrected chi connectivity index (χ1v) is 7.76. The average Bonchev–Trinajstić information content (AvgIpc) is 2.83. The van der Waals surface area contributed by atoms with Gasteiger partial charge in [-0.25, -0.2) is 4.72 Å². The smallest absolute Gasteiger partial charge is 0.279 e. The van der Waals surface area contributed by atoms with Crippen molar-refractivity contribution in [2.45, 2.75) is 25.7 Å².